The van der Waals surface area contributed by atoms with Crippen LogP contribution in [0.25, 0.3) is 0 Å². The Kier molecular flexibility index (Phi) is 4.34. The number of carbonyl (C=O) groups is 1. The van der Waals surface area contributed by atoms with Crippen LogP contribution in [0.1, 0.15) is 21.7 Å². The van der Waals surface area contributed by atoms with Gasteiger partial charge in [0.1, 0.15) is 12.2 Å². The molecule has 1 aromatic heterocycles. The number of rotatable bonds is 6. The number of carboxylic acids is 1. The van der Waals surface area contributed by atoms with Crippen molar-refractivity contribution in [3.63, 3.8) is 0 Å². The molecule has 0 saturated carbocycles. The largest absolute Gasteiger partial charge is 0.478 e. The Hall–Kier alpha value is -2.26. The zero-order chi connectivity index (χ0) is 15.5. The van der Waals surface area contributed by atoms with E-state index >= 15 is 0 Å². The van der Waals surface area contributed by atoms with Gasteiger partial charge < -0.3 is 9.67 Å². The van der Waals surface area contributed by atoms with Crippen molar-refractivity contribution in [1.29, 1.82) is 0 Å². The summed E-state index contributed by atoms with van der Waals surface area (Å²) in [6.45, 7) is 0.0253. The molecule has 8 nitrogen and oxygen atoms in total. The number of benzene rings is 1. The molecule has 0 atom stereocenters. The summed E-state index contributed by atoms with van der Waals surface area (Å²) >= 11 is 0. The van der Waals surface area contributed by atoms with E-state index in [4.69, 9.17) is 5.11 Å². The SMILES string of the molecule is Cn1cnnc1CNS(=O)(=O)Cc1cccc(C(=O)O)c1. The lowest BCUT2D eigenvalue weighted by Gasteiger charge is -2.07. The highest BCUT2D eigenvalue weighted by atomic mass is 32.2. The fourth-order valence-electron chi connectivity index (χ4n) is 1.71. The highest BCUT2D eigenvalue weighted by Gasteiger charge is 2.14. The van der Waals surface area contributed by atoms with Crippen molar-refractivity contribution in [3.8, 4) is 0 Å². The first kappa shape index (κ1) is 15.1. The Morgan fingerprint density at radius 1 is 1.43 bits per heavy atom. The first-order valence-electron chi connectivity index (χ1n) is 6.00. The van der Waals surface area contributed by atoms with E-state index in [0.29, 0.717) is 11.4 Å². The summed E-state index contributed by atoms with van der Waals surface area (Å²) in [5, 5.41) is 16.3. The maximum absolute atomic E-state index is 12.0. The molecule has 2 N–H and O–H groups in total. The number of carboxylic acid groups (broad SMARTS) is 1. The predicted molar refractivity (Wildman–Crippen MR) is 73.9 cm³/mol. The summed E-state index contributed by atoms with van der Waals surface area (Å²) in [6, 6.07) is 5.82. The van der Waals surface area contributed by atoms with Crippen LogP contribution < -0.4 is 4.72 Å². The standard InChI is InChI=1S/C12H14N4O4S/c1-16-8-13-15-11(16)6-14-21(19,20)7-9-3-2-4-10(5-9)12(17)18/h2-5,8,14H,6-7H2,1H3,(H,17,18). The van der Waals surface area contributed by atoms with Crippen molar-refractivity contribution in [2.75, 3.05) is 0 Å². The van der Waals surface area contributed by atoms with E-state index in [-0.39, 0.29) is 17.9 Å². The summed E-state index contributed by atoms with van der Waals surface area (Å²) in [5.41, 5.74) is 0.455. The van der Waals surface area contributed by atoms with Crippen LogP contribution in [0.4, 0.5) is 0 Å². The molecule has 0 fully saturated rings. The Balaban J connectivity index is 2.05. The Morgan fingerprint density at radius 2 is 2.19 bits per heavy atom. The fourth-order valence-corrected chi connectivity index (χ4v) is 2.78. The van der Waals surface area contributed by atoms with Crippen molar-refractivity contribution < 1.29 is 18.3 Å². The Bertz CT molecular complexity index is 754. The molecule has 1 heterocycles. The Morgan fingerprint density at radius 3 is 2.81 bits per heavy atom. The lowest BCUT2D eigenvalue weighted by Crippen LogP contribution is -2.26. The van der Waals surface area contributed by atoms with Gasteiger partial charge in [0.05, 0.1) is 17.9 Å². The van der Waals surface area contributed by atoms with Crippen LogP contribution in [0.3, 0.4) is 0 Å². The molecule has 2 aromatic rings. The van der Waals surface area contributed by atoms with Crippen LogP contribution in [-0.4, -0.2) is 34.3 Å². The number of hydrogen-bond donors (Lipinski definition) is 2. The van der Waals surface area contributed by atoms with Gasteiger partial charge in [0.2, 0.25) is 10.0 Å². The Labute approximate surface area is 121 Å². The lowest BCUT2D eigenvalue weighted by molar-refractivity contribution is 0.0696. The molecule has 0 unspecified atom stereocenters. The molecule has 0 saturated heterocycles. The van der Waals surface area contributed by atoms with Crippen LogP contribution in [0.2, 0.25) is 0 Å². The molecule has 21 heavy (non-hydrogen) atoms. The van der Waals surface area contributed by atoms with E-state index in [1.165, 1.54) is 24.5 Å². The van der Waals surface area contributed by atoms with Gasteiger partial charge in [-0.1, -0.05) is 12.1 Å². The number of nitrogens with zero attached hydrogens (tertiary/aromatic N) is 3. The summed E-state index contributed by atoms with van der Waals surface area (Å²) < 4.78 is 27.9. The molecule has 2 rings (SSSR count). The third-order valence-electron chi connectivity index (χ3n) is 2.79. The van der Waals surface area contributed by atoms with Crippen LogP contribution in [0.15, 0.2) is 30.6 Å². The number of aryl methyl sites for hydroxylation is 1. The van der Waals surface area contributed by atoms with Crippen LogP contribution in [0.5, 0.6) is 0 Å². The molecule has 0 aliphatic heterocycles. The minimum Gasteiger partial charge on any atom is -0.478 e. The van der Waals surface area contributed by atoms with E-state index in [0.717, 1.165) is 0 Å². The maximum atomic E-state index is 12.0. The minimum atomic E-state index is -3.59. The number of hydrogen-bond acceptors (Lipinski definition) is 5. The predicted octanol–water partition coefficient (Wildman–Crippen LogP) is 0.133. The summed E-state index contributed by atoms with van der Waals surface area (Å²) in [6.07, 6.45) is 1.47. The molecular weight excluding hydrogens is 296 g/mol. The number of sulfonamides is 1. The second-order valence-electron chi connectivity index (χ2n) is 4.44. The average molecular weight is 310 g/mol. The van der Waals surface area contributed by atoms with Crippen molar-refractivity contribution in [2.24, 2.45) is 7.05 Å². The second-order valence-corrected chi connectivity index (χ2v) is 6.25. The molecule has 0 aliphatic carbocycles. The third-order valence-corrected chi connectivity index (χ3v) is 4.08. The number of nitrogens with one attached hydrogen (secondary N) is 1. The van der Waals surface area contributed by atoms with Gasteiger partial charge in [-0.3, -0.25) is 0 Å². The van der Waals surface area contributed by atoms with Gasteiger partial charge in [-0.25, -0.2) is 17.9 Å². The molecule has 0 amide bonds. The van der Waals surface area contributed by atoms with Crippen LogP contribution >= 0.6 is 0 Å². The molecule has 0 bridgehead atoms. The molecule has 9 heteroatoms. The van der Waals surface area contributed by atoms with Crippen molar-refractivity contribution >= 4 is 16.0 Å². The zero-order valence-electron chi connectivity index (χ0n) is 11.2. The monoisotopic (exact) mass is 310 g/mol. The van der Waals surface area contributed by atoms with Gasteiger partial charge in [0.15, 0.2) is 0 Å². The molecule has 0 radical (unpaired) electrons. The van der Waals surface area contributed by atoms with Crippen molar-refractivity contribution in [2.45, 2.75) is 12.3 Å². The second kappa shape index (κ2) is 6.02. The summed E-state index contributed by atoms with van der Waals surface area (Å²) in [5.74, 6) is -0.912. The first-order valence-corrected chi connectivity index (χ1v) is 7.65. The molecule has 112 valence electrons. The number of aromatic nitrogens is 3. The molecule has 1 aromatic carbocycles. The highest BCUT2D eigenvalue weighted by Crippen LogP contribution is 2.09. The highest BCUT2D eigenvalue weighted by molar-refractivity contribution is 7.88. The van der Waals surface area contributed by atoms with E-state index in [1.807, 2.05) is 0 Å². The summed E-state index contributed by atoms with van der Waals surface area (Å²) in [4.78, 5) is 10.9. The first-order chi connectivity index (χ1) is 9.87. The third kappa shape index (κ3) is 4.10. The average Bonchev–Trinajstić information content (AvgIpc) is 2.82. The minimum absolute atomic E-state index is 0.0253. The molecular formula is C12H14N4O4S. The van der Waals surface area contributed by atoms with E-state index in [2.05, 4.69) is 14.9 Å². The van der Waals surface area contributed by atoms with Crippen LogP contribution in [-0.2, 0) is 29.4 Å². The van der Waals surface area contributed by atoms with E-state index in [1.54, 1.807) is 17.7 Å². The van der Waals surface area contributed by atoms with E-state index < -0.39 is 16.0 Å². The smallest absolute Gasteiger partial charge is 0.335 e. The lowest BCUT2D eigenvalue weighted by atomic mass is 10.1. The quantitative estimate of drug-likeness (QED) is 0.784. The number of aromatic carboxylic acids is 1. The maximum Gasteiger partial charge on any atom is 0.335 e. The molecule has 0 aliphatic rings. The van der Waals surface area contributed by atoms with Gasteiger partial charge in [0.25, 0.3) is 0 Å². The topological polar surface area (TPSA) is 114 Å². The van der Waals surface area contributed by atoms with Gasteiger partial charge in [0, 0.05) is 7.05 Å². The van der Waals surface area contributed by atoms with Gasteiger partial charge in [-0.15, -0.1) is 10.2 Å². The van der Waals surface area contributed by atoms with Gasteiger partial charge >= 0.3 is 5.97 Å². The van der Waals surface area contributed by atoms with Crippen molar-refractivity contribution in [3.05, 3.63) is 47.5 Å². The van der Waals surface area contributed by atoms with Gasteiger partial charge in [-0.05, 0) is 17.7 Å². The normalized spacial score (nSPS) is 11.5. The van der Waals surface area contributed by atoms with Crippen LogP contribution in [0, 0.1) is 0 Å². The zero-order valence-corrected chi connectivity index (χ0v) is 12.0. The van der Waals surface area contributed by atoms with Crippen molar-refractivity contribution in [1.82, 2.24) is 19.5 Å². The van der Waals surface area contributed by atoms with E-state index in [9.17, 15) is 13.2 Å². The van der Waals surface area contributed by atoms with Gasteiger partial charge in [-0.2, -0.15) is 0 Å². The summed E-state index contributed by atoms with van der Waals surface area (Å²) in [7, 11) is -1.89. The fraction of sp³-hybridized carbons (Fsp3) is 0.250. The molecule has 0 spiro atoms.